The van der Waals surface area contributed by atoms with Gasteiger partial charge in [0.1, 0.15) is 0 Å². The number of hydrogen-bond donors (Lipinski definition) is 0. The molecule has 0 aromatic carbocycles. The molecule has 0 N–H and O–H groups in total. The van der Waals surface area contributed by atoms with Crippen molar-refractivity contribution in [3.8, 4) is 48.8 Å². The first-order valence-corrected chi connectivity index (χ1v) is 20.1. The van der Waals surface area contributed by atoms with Crippen LogP contribution in [0.3, 0.4) is 0 Å². The quantitative estimate of drug-likeness (QED) is 0.121. The average Bonchev–Trinajstić information content (AvgIpc) is 3.80. The van der Waals surface area contributed by atoms with Crippen molar-refractivity contribution >= 4 is 81.3 Å². The Kier molecular flexibility index (Phi) is 9.23. The molecule has 0 radical (unpaired) electrons. The van der Waals surface area contributed by atoms with E-state index in [9.17, 15) is 0 Å². The molecule has 0 fully saturated rings. The maximum absolute atomic E-state index is 6.13. The molecule has 0 atom stereocenters. The van der Waals surface area contributed by atoms with Crippen LogP contribution in [0.5, 0.6) is 0 Å². The van der Waals surface area contributed by atoms with Gasteiger partial charge in [-0.1, -0.05) is 0 Å². The molecule has 212 valence electrons. The maximum Gasteiger partial charge on any atom is 0.547 e. The van der Waals surface area contributed by atoms with Gasteiger partial charge >= 0.3 is 8.80 Å². The van der Waals surface area contributed by atoms with E-state index in [0.717, 1.165) is 4.50 Å². The van der Waals surface area contributed by atoms with Crippen LogP contribution in [0.1, 0.15) is 25.6 Å². The molecule has 0 aliphatic rings. The van der Waals surface area contributed by atoms with E-state index in [4.69, 9.17) is 13.3 Å². The van der Waals surface area contributed by atoms with Crippen molar-refractivity contribution in [2.45, 2.75) is 27.7 Å². The molecular formula is C31H30O3S6Si. The third kappa shape index (κ3) is 6.19. The summed E-state index contributed by atoms with van der Waals surface area (Å²) < 4.78 is 19.5. The molecule has 0 aliphatic carbocycles. The van der Waals surface area contributed by atoms with Crippen LogP contribution in [0, 0.1) is 6.92 Å². The van der Waals surface area contributed by atoms with E-state index in [2.05, 4.69) is 79.7 Å². The van der Waals surface area contributed by atoms with Gasteiger partial charge in [-0.3, -0.25) is 0 Å². The molecule has 0 spiro atoms. The Morgan fingerprint density at radius 1 is 0.415 bits per heavy atom. The second kappa shape index (κ2) is 12.9. The van der Waals surface area contributed by atoms with Crippen molar-refractivity contribution in [3.05, 3.63) is 77.7 Å². The lowest BCUT2D eigenvalue weighted by atomic mass is 10.3. The van der Waals surface area contributed by atoms with Gasteiger partial charge in [0, 0.05) is 73.5 Å². The summed E-state index contributed by atoms with van der Waals surface area (Å²) in [6.45, 7) is 9.86. The zero-order valence-corrected chi connectivity index (χ0v) is 29.1. The van der Waals surface area contributed by atoms with Crippen LogP contribution >= 0.6 is 68.0 Å². The molecule has 41 heavy (non-hydrogen) atoms. The average molecular weight is 671 g/mol. The molecule has 0 unspecified atom stereocenters. The summed E-state index contributed by atoms with van der Waals surface area (Å²) in [4.78, 5) is 14.4. The van der Waals surface area contributed by atoms with Crippen LogP contribution in [0.25, 0.3) is 48.8 Å². The maximum atomic E-state index is 6.13. The number of thiophene rings is 6. The molecule has 0 bridgehead atoms. The van der Waals surface area contributed by atoms with E-state index in [0.29, 0.717) is 19.8 Å². The molecule has 6 rings (SSSR count). The van der Waals surface area contributed by atoms with Gasteiger partial charge in [0.15, 0.2) is 0 Å². The zero-order valence-electron chi connectivity index (χ0n) is 23.2. The van der Waals surface area contributed by atoms with Gasteiger partial charge < -0.3 is 13.3 Å². The first-order valence-electron chi connectivity index (χ1n) is 13.5. The van der Waals surface area contributed by atoms with E-state index >= 15 is 0 Å². The standard InChI is InChI=1S/C31H30O3S6Si/c1-5-32-41(33-6-2,34-7-3)31-19-18-30(40-31)29-17-16-28(39-29)27-15-14-26(38-27)25-13-12-24(37-25)23-11-10-22(36-23)21-9-8-20(4)35-21/h8-19H,5-7H2,1-4H3. The minimum atomic E-state index is -2.89. The molecular weight excluding hydrogens is 641 g/mol. The predicted molar refractivity (Wildman–Crippen MR) is 186 cm³/mol. The molecule has 6 aromatic heterocycles. The second-order valence-corrected chi connectivity index (χ2v) is 18.7. The van der Waals surface area contributed by atoms with Crippen LogP contribution in [0.4, 0.5) is 0 Å². The summed E-state index contributed by atoms with van der Waals surface area (Å²) in [6.07, 6.45) is 0. The highest BCUT2D eigenvalue weighted by molar-refractivity contribution is 7.32. The van der Waals surface area contributed by atoms with Gasteiger partial charge in [0.25, 0.3) is 0 Å². The fourth-order valence-corrected chi connectivity index (χ4v) is 14.1. The first kappa shape index (κ1) is 29.4. The van der Waals surface area contributed by atoms with Crippen LogP contribution in [-0.2, 0) is 13.3 Å². The minimum absolute atomic E-state index is 0.568. The normalized spacial score (nSPS) is 12.0. The molecule has 0 amide bonds. The highest BCUT2D eigenvalue weighted by Crippen LogP contribution is 2.45. The molecule has 6 heterocycles. The van der Waals surface area contributed by atoms with Crippen molar-refractivity contribution in [3.63, 3.8) is 0 Å². The van der Waals surface area contributed by atoms with Gasteiger partial charge in [-0.25, -0.2) is 0 Å². The van der Waals surface area contributed by atoms with Crippen LogP contribution in [-0.4, -0.2) is 28.6 Å². The topological polar surface area (TPSA) is 27.7 Å². The number of rotatable bonds is 12. The largest absolute Gasteiger partial charge is 0.547 e. The van der Waals surface area contributed by atoms with E-state index in [1.165, 1.54) is 53.6 Å². The van der Waals surface area contributed by atoms with Crippen molar-refractivity contribution < 1.29 is 13.3 Å². The van der Waals surface area contributed by atoms with Crippen LogP contribution in [0.15, 0.2) is 72.8 Å². The third-order valence-corrected chi connectivity index (χ3v) is 17.3. The fraction of sp³-hybridized carbons (Fsp3) is 0.226. The Hall–Kier alpha value is -1.70. The molecule has 0 saturated heterocycles. The van der Waals surface area contributed by atoms with E-state index in [1.54, 1.807) is 11.3 Å². The van der Waals surface area contributed by atoms with Gasteiger partial charge in [-0.15, -0.1) is 68.0 Å². The summed E-state index contributed by atoms with van der Waals surface area (Å²) in [6, 6.07) is 26.8. The molecule has 0 aliphatic heterocycles. The summed E-state index contributed by atoms with van der Waals surface area (Å²) in [5, 5.41) is 0. The highest BCUT2D eigenvalue weighted by Gasteiger charge is 2.44. The highest BCUT2D eigenvalue weighted by atomic mass is 32.1. The van der Waals surface area contributed by atoms with Gasteiger partial charge in [-0.2, -0.15) is 0 Å². The van der Waals surface area contributed by atoms with Crippen molar-refractivity contribution in [1.29, 1.82) is 0 Å². The van der Waals surface area contributed by atoms with E-state index in [1.807, 2.05) is 77.5 Å². The predicted octanol–water partition coefficient (Wildman–Crippen LogP) is 11.0. The van der Waals surface area contributed by atoms with Gasteiger partial charge in [-0.05, 0) is 100 Å². The lowest BCUT2D eigenvalue weighted by molar-refractivity contribution is 0.0866. The third-order valence-electron chi connectivity index (χ3n) is 6.29. The van der Waals surface area contributed by atoms with Gasteiger partial charge in [0.2, 0.25) is 0 Å². The minimum Gasteiger partial charge on any atom is -0.370 e. The Labute approximate surface area is 266 Å². The Bertz CT molecular complexity index is 1710. The van der Waals surface area contributed by atoms with Crippen molar-refractivity contribution in [2.75, 3.05) is 19.8 Å². The number of aryl methyl sites for hydroxylation is 1. The monoisotopic (exact) mass is 670 g/mol. The molecule has 3 nitrogen and oxygen atoms in total. The summed E-state index contributed by atoms with van der Waals surface area (Å²) >= 11 is 11.1. The van der Waals surface area contributed by atoms with E-state index in [-0.39, 0.29) is 0 Å². The second-order valence-electron chi connectivity index (χ2n) is 9.09. The van der Waals surface area contributed by atoms with E-state index < -0.39 is 8.80 Å². The molecule has 10 heteroatoms. The Balaban J connectivity index is 1.19. The number of hydrogen-bond acceptors (Lipinski definition) is 9. The van der Waals surface area contributed by atoms with Crippen LogP contribution < -0.4 is 4.50 Å². The van der Waals surface area contributed by atoms with Crippen molar-refractivity contribution in [2.24, 2.45) is 0 Å². The van der Waals surface area contributed by atoms with Crippen molar-refractivity contribution in [1.82, 2.24) is 0 Å². The first-order chi connectivity index (χ1) is 20.0. The summed E-state index contributed by atoms with van der Waals surface area (Å²) in [7, 11) is -2.89. The zero-order chi connectivity index (χ0) is 28.4. The molecule has 6 aromatic rings. The summed E-state index contributed by atoms with van der Waals surface area (Å²) in [5.41, 5.74) is 0. The Morgan fingerprint density at radius 3 is 1.02 bits per heavy atom. The smallest absolute Gasteiger partial charge is 0.370 e. The lowest BCUT2D eigenvalue weighted by Gasteiger charge is -2.27. The fourth-order valence-electron chi connectivity index (χ4n) is 4.52. The van der Waals surface area contributed by atoms with Crippen LogP contribution in [0.2, 0.25) is 0 Å². The SMILES string of the molecule is CCO[Si](OCC)(OCC)c1ccc(-c2ccc(-c3ccc(-c4ccc(-c5ccc(-c6ccc(C)s6)s5)s4)s3)s2)s1. The Morgan fingerprint density at radius 2 is 0.707 bits per heavy atom. The molecule has 0 saturated carbocycles. The lowest BCUT2D eigenvalue weighted by Crippen LogP contribution is -2.55. The summed E-state index contributed by atoms with van der Waals surface area (Å²) in [5.74, 6) is 0. The van der Waals surface area contributed by atoms with Gasteiger partial charge in [0.05, 0.1) is 4.50 Å².